The topological polar surface area (TPSA) is 62.8 Å². The van der Waals surface area contributed by atoms with Crippen molar-refractivity contribution in [3.05, 3.63) is 29.8 Å². The van der Waals surface area contributed by atoms with Crippen LogP contribution in [0.5, 0.6) is 5.75 Å². The lowest BCUT2D eigenvalue weighted by atomic mass is 9.80. The molecule has 8 heteroatoms. The van der Waals surface area contributed by atoms with Crippen LogP contribution in [0.25, 0.3) is 0 Å². The Balaban J connectivity index is 1.53. The quantitative estimate of drug-likeness (QED) is 0.719. The summed E-state index contributed by atoms with van der Waals surface area (Å²) in [5, 5.41) is 6.01. The molecule has 1 aromatic rings. The Morgan fingerprint density at radius 2 is 1.83 bits per heavy atom. The van der Waals surface area contributed by atoms with Gasteiger partial charge in [0.05, 0.1) is 19.3 Å². The summed E-state index contributed by atoms with van der Waals surface area (Å²) in [5.41, 5.74) is 0.832. The van der Waals surface area contributed by atoms with Crippen LogP contribution in [0.2, 0.25) is 0 Å². The van der Waals surface area contributed by atoms with Crippen LogP contribution in [0.1, 0.15) is 50.6 Å². The highest BCUT2D eigenvalue weighted by atomic mass is 19.3. The zero-order valence-corrected chi connectivity index (χ0v) is 17.0. The molecule has 1 atom stereocenters. The Kier molecular flexibility index (Phi) is 7.66. The lowest BCUT2D eigenvalue weighted by Crippen LogP contribution is -2.60. The molecule has 1 aliphatic heterocycles. The third-order valence-electron chi connectivity index (χ3n) is 6.00. The van der Waals surface area contributed by atoms with Crippen molar-refractivity contribution < 1.29 is 23.0 Å². The number of nitrogens with one attached hydrogen (secondary N) is 2. The Morgan fingerprint density at radius 3 is 2.45 bits per heavy atom. The van der Waals surface area contributed by atoms with Crippen molar-refractivity contribution in [2.45, 2.75) is 57.2 Å². The Labute approximate surface area is 170 Å². The third-order valence-corrected chi connectivity index (χ3v) is 6.00. The summed E-state index contributed by atoms with van der Waals surface area (Å²) in [7, 11) is 0. The van der Waals surface area contributed by atoms with Crippen molar-refractivity contribution in [2.75, 3.05) is 32.8 Å². The number of alkyl halides is 2. The first kappa shape index (κ1) is 21.8. The van der Waals surface area contributed by atoms with Crippen molar-refractivity contribution >= 4 is 6.03 Å². The fourth-order valence-corrected chi connectivity index (χ4v) is 4.37. The predicted octanol–water partition coefficient (Wildman–Crippen LogP) is 3.68. The van der Waals surface area contributed by atoms with Crippen molar-refractivity contribution in [1.82, 2.24) is 15.5 Å². The van der Waals surface area contributed by atoms with E-state index in [1.165, 1.54) is 31.4 Å². The Hall–Kier alpha value is -1.93. The molecule has 2 amide bonds. The Bertz CT molecular complexity index is 645. The summed E-state index contributed by atoms with van der Waals surface area (Å²) >= 11 is 0. The van der Waals surface area contributed by atoms with Crippen LogP contribution in [0.3, 0.4) is 0 Å². The molecule has 0 spiro atoms. The SMILES string of the molecule is CC(NC(=O)NCC1(N2CCOCC2)CCCCC1)c1ccc(OC(F)F)cc1. The van der Waals surface area contributed by atoms with Crippen LogP contribution in [0.4, 0.5) is 13.6 Å². The van der Waals surface area contributed by atoms with E-state index in [4.69, 9.17) is 4.74 Å². The molecule has 1 aromatic carbocycles. The molecule has 1 saturated carbocycles. The maximum atomic E-state index is 12.5. The molecule has 1 unspecified atom stereocenters. The summed E-state index contributed by atoms with van der Waals surface area (Å²) in [6.45, 7) is 2.94. The van der Waals surface area contributed by atoms with Crippen LogP contribution in [-0.2, 0) is 4.74 Å². The molecule has 3 rings (SSSR count). The zero-order chi connectivity index (χ0) is 20.7. The second-order valence-corrected chi connectivity index (χ2v) is 7.88. The van der Waals surface area contributed by atoms with E-state index in [-0.39, 0.29) is 23.4 Å². The molecule has 2 aliphatic rings. The van der Waals surface area contributed by atoms with Gasteiger partial charge in [-0.25, -0.2) is 4.79 Å². The van der Waals surface area contributed by atoms with Gasteiger partial charge >= 0.3 is 12.6 Å². The number of ether oxygens (including phenoxy) is 2. The van der Waals surface area contributed by atoms with Gasteiger partial charge in [0.15, 0.2) is 0 Å². The van der Waals surface area contributed by atoms with Gasteiger partial charge in [0.25, 0.3) is 0 Å². The van der Waals surface area contributed by atoms with E-state index < -0.39 is 6.61 Å². The number of rotatable bonds is 7. The summed E-state index contributed by atoms with van der Waals surface area (Å²) < 4.78 is 34.4. The highest BCUT2D eigenvalue weighted by Gasteiger charge is 2.38. The van der Waals surface area contributed by atoms with E-state index in [1.807, 2.05) is 6.92 Å². The molecule has 1 saturated heterocycles. The summed E-state index contributed by atoms with van der Waals surface area (Å²) in [5.74, 6) is 0.102. The minimum Gasteiger partial charge on any atom is -0.435 e. The number of amides is 2. The smallest absolute Gasteiger partial charge is 0.387 e. The molecule has 0 radical (unpaired) electrons. The summed E-state index contributed by atoms with van der Waals surface area (Å²) in [4.78, 5) is 15.0. The molecular formula is C21H31F2N3O3. The lowest BCUT2D eigenvalue weighted by molar-refractivity contribution is -0.0498. The van der Waals surface area contributed by atoms with E-state index in [1.54, 1.807) is 12.1 Å². The minimum atomic E-state index is -2.85. The molecule has 1 aliphatic carbocycles. The highest BCUT2D eigenvalue weighted by molar-refractivity contribution is 5.74. The molecule has 1 heterocycles. The first-order valence-electron chi connectivity index (χ1n) is 10.4. The van der Waals surface area contributed by atoms with Crippen LogP contribution in [0.15, 0.2) is 24.3 Å². The number of benzene rings is 1. The zero-order valence-electron chi connectivity index (χ0n) is 17.0. The van der Waals surface area contributed by atoms with Gasteiger partial charge in [-0.1, -0.05) is 31.4 Å². The standard InChI is InChI=1S/C21H31F2N3O3/c1-16(17-5-7-18(8-6-17)29-19(22)23)25-20(27)24-15-21(9-3-2-4-10-21)26-11-13-28-14-12-26/h5-8,16,19H,2-4,9-15H2,1H3,(H2,24,25,27). The number of hydrogen-bond acceptors (Lipinski definition) is 4. The number of morpholine rings is 1. The molecule has 2 N–H and O–H groups in total. The molecule has 162 valence electrons. The first-order chi connectivity index (χ1) is 14.0. The molecule has 6 nitrogen and oxygen atoms in total. The molecule has 0 bridgehead atoms. The van der Waals surface area contributed by atoms with Gasteiger partial charge in [-0.05, 0) is 37.5 Å². The van der Waals surface area contributed by atoms with Crippen molar-refractivity contribution in [3.63, 3.8) is 0 Å². The van der Waals surface area contributed by atoms with Crippen LogP contribution >= 0.6 is 0 Å². The van der Waals surface area contributed by atoms with E-state index in [0.717, 1.165) is 44.7 Å². The van der Waals surface area contributed by atoms with Crippen molar-refractivity contribution in [2.24, 2.45) is 0 Å². The van der Waals surface area contributed by atoms with Gasteiger partial charge < -0.3 is 20.1 Å². The monoisotopic (exact) mass is 411 g/mol. The second kappa shape index (κ2) is 10.2. The summed E-state index contributed by atoms with van der Waals surface area (Å²) in [6, 6.07) is 5.85. The predicted molar refractivity (Wildman–Crippen MR) is 106 cm³/mol. The second-order valence-electron chi connectivity index (χ2n) is 7.88. The van der Waals surface area contributed by atoms with E-state index in [0.29, 0.717) is 6.54 Å². The van der Waals surface area contributed by atoms with Gasteiger partial charge in [0.1, 0.15) is 5.75 Å². The van der Waals surface area contributed by atoms with Crippen molar-refractivity contribution in [3.8, 4) is 5.75 Å². The normalized spacial score (nSPS) is 20.8. The van der Waals surface area contributed by atoms with Gasteiger partial charge in [-0.15, -0.1) is 0 Å². The molecule has 2 fully saturated rings. The fourth-order valence-electron chi connectivity index (χ4n) is 4.37. The maximum Gasteiger partial charge on any atom is 0.387 e. The van der Waals surface area contributed by atoms with E-state index in [2.05, 4.69) is 20.3 Å². The largest absolute Gasteiger partial charge is 0.435 e. The van der Waals surface area contributed by atoms with Gasteiger partial charge in [0, 0.05) is 25.2 Å². The maximum absolute atomic E-state index is 12.5. The van der Waals surface area contributed by atoms with Crippen LogP contribution < -0.4 is 15.4 Å². The number of carbonyl (C=O) groups excluding carboxylic acids is 1. The average Bonchev–Trinajstić information content (AvgIpc) is 2.74. The number of urea groups is 1. The molecule has 0 aromatic heterocycles. The number of hydrogen-bond donors (Lipinski definition) is 2. The summed E-state index contributed by atoms with van der Waals surface area (Å²) in [6.07, 6.45) is 5.80. The molecule has 29 heavy (non-hydrogen) atoms. The Morgan fingerprint density at radius 1 is 1.17 bits per heavy atom. The van der Waals surface area contributed by atoms with E-state index in [9.17, 15) is 13.6 Å². The minimum absolute atomic E-state index is 0.0108. The van der Waals surface area contributed by atoms with Crippen LogP contribution in [0, 0.1) is 0 Å². The van der Waals surface area contributed by atoms with Crippen molar-refractivity contribution in [1.29, 1.82) is 0 Å². The number of halogens is 2. The van der Waals surface area contributed by atoms with Gasteiger partial charge in [-0.3, -0.25) is 4.90 Å². The lowest BCUT2D eigenvalue weighted by Gasteiger charge is -2.48. The highest BCUT2D eigenvalue weighted by Crippen LogP contribution is 2.33. The van der Waals surface area contributed by atoms with E-state index >= 15 is 0 Å². The number of nitrogens with zero attached hydrogens (tertiary/aromatic N) is 1. The fraction of sp³-hybridized carbons (Fsp3) is 0.667. The van der Waals surface area contributed by atoms with Gasteiger partial charge in [0.2, 0.25) is 0 Å². The number of carbonyl (C=O) groups is 1. The first-order valence-corrected chi connectivity index (χ1v) is 10.4. The van der Waals surface area contributed by atoms with Gasteiger partial charge in [-0.2, -0.15) is 8.78 Å². The molecular weight excluding hydrogens is 380 g/mol. The average molecular weight is 411 g/mol. The third kappa shape index (κ3) is 6.02. The van der Waals surface area contributed by atoms with Crippen LogP contribution in [-0.4, -0.2) is 55.9 Å².